The van der Waals surface area contributed by atoms with Gasteiger partial charge in [0.25, 0.3) is 10.1 Å². The molecule has 0 aliphatic heterocycles. The molecule has 0 aliphatic rings. The van der Waals surface area contributed by atoms with Gasteiger partial charge in [0.1, 0.15) is 0 Å². The summed E-state index contributed by atoms with van der Waals surface area (Å²) in [6.45, 7) is 8.54. The van der Waals surface area contributed by atoms with E-state index in [0.717, 1.165) is 0 Å². The van der Waals surface area contributed by atoms with Crippen molar-refractivity contribution in [2.75, 3.05) is 5.75 Å². The van der Waals surface area contributed by atoms with Crippen LogP contribution in [0.4, 0.5) is 0 Å². The first kappa shape index (κ1) is 15.1. The van der Waals surface area contributed by atoms with E-state index >= 15 is 0 Å². The van der Waals surface area contributed by atoms with Gasteiger partial charge in [0.2, 0.25) is 5.91 Å². The third kappa shape index (κ3) is 4.76. The highest BCUT2D eigenvalue weighted by Crippen LogP contribution is 2.18. The molecule has 5 nitrogen and oxygen atoms in total. The zero-order valence-corrected chi connectivity index (χ0v) is 10.7. The fourth-order valence-corrected chi connectivity index (χ4v) is 2.54. The van der Waals surface area contributed by atoms with Gasteiger partial charge >= 0.3 is 0 Å². The van der Waals surface area contributed by atoms with E-state index in [-0.39, 0.29) is 0 Å². The fraction of sp³-hybridized carbons (Fsp3) is 0.700. The molecule has 0 bridgehead atoms. The number of amides is 1. The minimum atomic E-state index is -4.12. The van der Waals surface area contributed by atoms with Crippen molar-refractivity contribution in [2.24, 2.45) is 0 Å². The number of hydrogen-bond donors (Lipinski definition) is 2. The van der Waals surface area contributed by atoms with Crippen molar-refractivity contribution in [3.63, 3.8) is 0 Å². The molecule has 0 aromatic rings. The SMILES string of the molecule is C=C(C)C(=O)NC(CC)(CC)CS(=O)(=O)O. The molecule has 0 heterocycles. The van der Waals surface area contributed by atoms with Gasteiger partial charge in [-0.05, 0) is 19.8 Å². The van der Waals surface area contributed by atoms with Crippen LogP contribution in [-0.2, 0) is 14.9 Å². The second kappa shape index (κ2) is 5.45. The Bertz CT molecular complexity index is 368. The molecule has 0 saturated carbocycles. The van der Waals surface area contributed by atoms with Crippen molar-refractivity contribution in [1.82, 2.24) is 5.32 Å². The van der Waals surface area contributed by atoms with Gasteiger partial charge in [-0.15, -0.1) is 0 Å². The van der Waals surface area contributed by atoms with E-state index in [1.165, 1.54) is 0 Å². The Morgan fingerprint density at radius 2 is 1.81 bits per heavy atom. The fourth-order valence-electron chi connectivity index (χ4n) is 1.36. The number of carbonyl (C=O) groups excluding carboxylic acids is 1. The molecule has 0 saturated heterocycles. The maximum atomic E-state index is 11.5. The van der Waals surface area contributed by atoms with Crippen LogP contribution in [0.2, 0.25) is 0 Å². The monoisotopic (exact) mass is 249 g/mol. The standard InChI is InChI=1S/C10H19NO4S/c1-5-10(6-2,7-16(13,14)15)11-9(12)8(3)4/h3,5-7H2,1-2,4H3,(H,11,12)(H,13,14,15). The minimum Gasteiger partial charge on any atom is -0.346 e. The van der Waals surface area contributed by atoms with Gasteiger partial charge in [-0.25, -0.2) is 0 Å². The number of rotatable bonds is 6. The van der Waals surface area contributed by atoms with Crippen LogP contribution >= 0.6 is 0 Å². The summed E-state index contributed by atoms with van der Waals surface area (Å²) in [5.74, 6) is -0.876. The van der Waals surface area contributed by atoms with Crippen molar-refractivity contribution < 1.29 is 17.8 Å². The summed E-state index contributed by atoms with van der Waals surface area (Å²) in [4.78, 5) is 11.5. The van der Waals surface area contributed by atoms with E-state index in [1.807, 2.05) is 0 Å². The third-order valence-electron chi connectivity index (χ3n) is 2.58. The maximum Gasteiger partial charge on any atom is 0.267 e. The second-order valence-electron chi connectivity index (χ2n) is 3.95. The minimum absolute atomic E-state index is 0.307. The van der Waals surface area contributed by atoms with Gasteiger partial charge in [-0.3, -0.25) is 9.35 Å². The van der Waals surface area contributed by atoms with E-state index in [2.05, 4.69) is 11.9 Å². The van der Waals surface area contributed by atoms with Gasteiger partial charge in [-0.2, -0.15) is 8.42 Å². The van der Waals surface area contributed by atoms with Crippen LogP contribution in [0.3, 0.4) is 0 Å². The van der Waals surface area contributed by atoms with Crippen LogP contribution in [0.15, 0.2) is 12.2 Å². The molecule has 0 aliphatic carbocycles. The van der Waals surface area contributed by atoms with Crippen LogP contribution in [0.5, 0.6) is 0 Å². The van der Waals surface area contributed by atoms with E-state index in [9.17, 15) is 13.2 Å². The molecule has 0 spiro atoms. The summed E-state index contributed by atoms with van der Waals surface area (Å²) >= 11 is 0. The third-order valence-corrected chi connectivity index (χ3v) is 3.50. The van der Waals surface area contributed by atoms with Crippen LogP contribution in [0.25, 0.3) is 0 Å². The summed E-state index contributed by atoms with van der Waals surface area (Å²) in [6.07, 6.45) is 0.838. The first-order valence-corrected chi connectivity index (χ1v) is 6.70. The van der Waals surface area contributed by atoms with Gasteiger partial charge in [0.05, 0.1) is 11.3 Å². The Morgan fingerprint density at radius 3 is 2.06 bits per heavy atom. The Balaban J connectivity index is 4.97. The lowest BCUT2D eigenvalue weighted by atomic mass is 9.95. The lowest BCUT2D eigenvalue weighted by Crippen LogP contribution is -2.52. The van der Waals surface area contributed by atoms with Crippen LogP contribution in [0, 0.1) is 0 Å². The van der Waals surface area contributed by atoms with Crippen molar-refractivity contribution >= 4 is 16.0 Å². The highest BCUT2D eigenvalue weighted by molar-refractivity contribution is 7.85. The second-order valence-corrected chi connectivity index (χ2v) is 5.40. The molecule has 0 unspecified atom stereocenters. The van der Waals surface area contributed by atoms with E-state index in [1.54, 1.807) is 20.8 Å². The molecular formula is C10H19NO4S. The molecular weight excluding hydrogens is 230 g/mol. The van der Waals surface area contributed by atoms with Crippen molar-refractivity contribution in [2.45, 2.75) is 39.2 Å². The molecule has 0 aromatic heterocycles. The molecule has 2 N–H and O–H groups in total. The van der Waals surface area contributed by atoms with E-state index in [4.69, 9.17) is 4.55 Å². The van der Waals surface area contributed by atoms with E-state index in [0.29, 0.717) is 18.4 Å². The predicted octanol–water partition coefficient (Wildman–Crippen LogP) is 1.13. The van der Waals surface area contributed by atoms with Gasteiger partial charge in [-0.1, -0.05) is 20.4 Å². The first-order chi connectivity index (χ1) is 7.16. The predicted molar refractivity (Wildman–Crippen MR) is 62.7 cm³/mol. The first-order valence-electron chi connectivity index (χ1n) is 5.09. The van der Waals surface area contributed by atoms with Gasteiger partial charge in [0.15, 0.2) is 0 Å². The summed E-state index contributed by atoms with van der Waals surface area (Å²) in [7, 11) is -4.12. The molecule has 0 fully saturated rings. The normalized spacial score (nSPS) is 12.2. The van der Waals surface area contributed by atoms with Crippen LogP contribution < -0.4 is 5.32 Å². The Morgan fingerprint density at radius 1 is 1.38 bits per heavy atom. The van der Waals surface area contributed by atoms with Crippen LogP contribution in [0.1, 0.15) is 33.6 Å². The van der Waals surface area contributed by atoms with Crippen molar-refractivity contribution in [1.29, 1.82) is 0 Å². The zero-order valence-electron chi connectivity index (χ0n) is 9.91. The molecule has 94 valence electrons. The van der Waals surface area contributed by atoms with Crippen LogP contribution in [-0.4, -0.2) is 30.2 Å². The average molecular weight is 249 g/mol. The highest BCUT2D eigenvalue weighted by atomic mass is 32.2. The Labute approximate surface area is 96.7 Å². The molecule has 0 atom stereocenters. The topological polar surface area (TPSA) is 83.5 Å². The quantitative estimate of drug-likeness (QED) is 0.546. The Hall–Kier alpha value is -0.880. The van der Waals surface area contributed by atoms with Gasteiger partial charge in [0, 0.05) is 5.57 Å². The number of hydrogen-bond acceptors (Lipinski definition) is 3. The molecule has 6 heteroatoms. The summed E-state index contributed by atoms with van der Waals surface area (Å²) < 4.78 is 30.7. The zero-order chi connectivity index (χ0) is 13.0. The molecule has 0 aromatic carbocycles. The Kier molecular flexibility index (Phi) is 5.15. The van der Waals surface area contributed by atoms with Gasteiger partial charge < -0.3 is 5.32 Å². The largest absolute Gasteiger partial charge is 0.346 e. The number of nitrogens with one attached hydrogen (secondary N) is 1. The molecule has 0 rings (SSSR count). The summed E-state index contributed by atoms with van der Waals surface area (Å²) in [5, 5.41) is 2.61. The van der Waals surface area contributed by atoms with Crippen molar-refractivity contribution in [3.05, 3.63) is 12.2 Å². The molecule has 16 heavy (non-hydrogen) atoms. The molecule has 0 radical (unpaired) electrons. The lowest BCUT2D eigenvalue weighted by Gasteiger charge is -2.31. The smallest absolute Gasteiger partial charge is 0.267 e. The summed E-state index contributed by atoms with van der Waals surface area (Å²) in [5.41, 5.74) is -0.620. The van der Waals surface area contributed by atoms with E-state index < -0.39 is 27.3 Å². The summed E-state index contributed by atoms with van der Waals surface area (Å²) in [6, 6.07) is 0. The maximum absolute atomic E-state index is 11.5. The average Bonchev–Trinajstić information content (AvgIpc) is 2.14. The number of carbonyl (C=O) groups is 1. The highest BCUT2D eigenvalue weighted by Gasteiger charge is 2.33. The van der Waals surface area contributed by atoms with Crippen molar-refractivity contribution in [3.8, 4) is 0 Å². The lowest BCUT2D eigenvalue weighted by molar-refractivity contribution is -0.119. The molecule has 1 amide bonds.